The predicted octanol–water partition coefficient (Wildman–Crippen LogP) is 3.12. The Morgan fingerprint density at radius 3 is 2.57 bits per heavy atom. The van der Waals surface area contributed by atoms with Crippen molar-refractivity contribution in [2.75, 3.05) is 18.9 Å². The number of carbonyl (C=O) groups excluding carboxylic acids is 2. The maximum absolute atomic E-state index is 12.9. The van der Waals surface area contributed by atoms with Crippen molar-refractivity contribution in [1.29, 1.82) is 0 Å². The number of nitrogens with zero attached hydrogens (tertiary/aromatic N) is 5. The van der Waals surface area contributed by atoms with Crippen LogP contribution in [0.2, 0.25) is 5.02 Å². The Bertz CT molecular complexity index is 1140. The molecule has 0 unspecified atom stereocenters. The van der Waals surface area contributed by atoms with Gasteiger partial charge in [-0.2, -0.15) is 18.2 Å². The monoisotopic (exact) mass is 440 g/mol. The zero-order valence-electron chi connectivity index (χ0n) is 16.1. The van der Waals surface area contributed by atoms with Gasteiger partial charge in [-0.15, -0.1) is 5.10 Å². The van der Waals surface area contributed by atoms with Crippen molar-refractivity contribution >= 4 is 34.9 Å². The fourth-order valence-electron chi connectivity index (χ4n) is 2.74. The van der Waals surface area contributed by atoms with Gasteiger partial charge in [-0.3, -0.25) is 9.59 Å². The van der Waals surface area contributed by atoms with Gasteiger partial charge in [0.15, 0.2) is 0 Å². The SMILES string of the molecule is Cc1cc(C)n2nc(C(=O)N(C)CC(=O)Nc3ccc(Cl)c(C(F)(F)F)c3)nc2n1. The molecule has 2 aromatic heterocycles. The molecular weight excluding hydrogens is 425 g/mol. The molecule has 0 bridgehead atoms. The number of benzene rings is 1. The zero-order valence-corrected chi connectivity index (χ0v) is 16.8. The molecule has 0 saturated heterocycles. The van der Waals surface area contributed by atoms with Crippen molar-refractivity contribution in [1.82, 2.24) is 24.5 Å². The first kappa shape index (κ1) is 21.5. The highest BCUT2D eigenvalue weighted by molar-refractivity contribution is 6.31. The zero-order chi connectivity index (χ0) is 22.2. The molecule has 3 aromatic rings. The second kappa shape index (κ2) is 7.90. The molecule has 0 atom stereocenters. The maximum Gasteiger partial charge on any atom is 0.417 e. The van der Waals surface area contributed by atoms with E-state index in [4.69, 9.17) is 11.6 Å². The third kappa shape index (κ3) is 4.51. The topological polar surface area (TPSA) is 92.5 Å². The van der Waals surface area contributed by atoms with Crippen LogP contribution in [0.5, 0.6) is 0 Å². The molecule has 8 nitrogen and oxygen atoms in total. The second-order valence-corrected chi connectivity index (χ2v) is 7.00. The molecule has 1 aromatic carbocycles. The number of hydrogen-bond donors (Lipinski definition) is 1. The molecule has 1 N–H and O–H groups in total. The number of fused-ring (bicyclic) bond motifs is 1. The lowest BCUT2D eigenvalue weighted by atomic mass is 10.2. The van der Waals surface area contributed by atoms with E-state index in [0.717, 1.165) is 22.7 Å². The number of alkyl halides is 3. The molecular formula is C18H16ClF3N6O2. The highest BCUT2D eigenvalue weighted by atomic mass is 35.5. The number of likely N-dealkylation sites (N-methyl/N-ethyl adjacent to an activating group) is 1. The minimum atomic E-state index is -4.66. The standard InChI is InChI=1S/C18H16ClF3N6O2/c1-9-6-10(2)28-17(23-9)25-15(26-28)16(30)27(3)8-14(29)24-11-4-5-13(19)12(7-11)18(20,21)22/h4-7H,8H2,1-3H3,(H,24,29). The summed E-state index contributed by atoms with van der Waals surface area (Å²) in [6.45, 7) is 3.13. The number of hydrogen-bond acceptors (Lipinski definition) is 5. The van der Waals surface area contributed by atoms with Crippen molar-refractivity contribution in [3.8, 4) is 0 Å². The van der Waals surface area contributed by atoms with E-state index in [1.165, 1.54) is 17.6 Å². The van der Waals surface area contributed by atoms with Gasteiger partial charge in [0.2, 0.25) is 11.7 Å². The smallest absolute Gasteiger partial charge is 0.330 e. The average molecular weight is 441 g/mol. The molecule has 2 heterocycles. The molecule has 0 aliphatic rings. The van der Waals surface area contributed by atoms with Gasteiger partial charge in [0, 0.05) is 24.1 Å². The predicted molar refractivity (Wildman–Crippen MR) is 102 cm³/mol. The molecule has 0 saturated carbocycles. The summed E-state index contributed by atoms with van der Waals surface area (Å²) in [5.41, 5.74) is 0.269. The first-order valence-electron chi connectivity index (χ1n) is 8.59. The summed E-state index contributed by atoms with van der Waals surface area (Å²) in [5, 5.41) is 5.93. The normalized spacial score (nSPS) is 11.6. The minimum Gasteiger partial charge on any atom is -0.330 e. The lowest BCUT2D eigenvalue weighted by molar-refractivity contribution is -0.137. The Hall–Kier alpha value is -3.21. The van der Waals surface area contributed by atoms with Crippen LogP contribution in [0.25, 0.3) is 5.78 Å². The van der Waals surface area contributed by atoms with E-state index in [9.17, 15) is 22.8 Å². The van der Waals surface area contributed by atoms with E-state index < -0.39 is 35.1 Å². The van der Waals surface area contributed by atoms with Gasteiger partial charge in [-0.05, 0) is 38.1 Å². The number of amides is 2. The number of rotatable bonds is 4. The molecule has 0 radical (unpaired) electrons. The summed E-state index contributed by atoms with van der Waals surface area (Å²) in [6.07, 6.45) is -4.66. The maximum atomic E-state index is 12.9. The van der Waals surface area contributed by atoms with Gasteiger partial charge in [0.05, 0.1) is 17.1 Å². The molecule has 0 fully saturated rings. The third-order valence-electron chi connectivity index (χ3n) is 4.09. The van der Waals surface area contributed by atoms with Gasteiger partial charge < -0.3 is 10.2 Å². The number of halogens is 4. The van der Waals surface area contributed by atoms with E-state index in [0.29, 0.717) is 5.69 Å². The third-order valence-corrected chi connectivity index (χ3v) is 4.42. The average Bonchev–Trinajstić information content (AvgIpc) is 3.05. The highest BCUT2D eigenvalue weighted by Gasteiger charge is 2.33. The largest absolute Gasteiger partial charge is 0.417 e. The number of anilines is 1. The van der Waals surface area contributed by atoms with Crippen molar-refractivity contribution in [3.05, 3.63) is 52.1 Å². The van der Waals surface area contributed by atoms with Crippen LogP contribution in [0, 0.1) is 13.8 Å². The fourth-order valence-corrected chi connectivity index (χ4v) is 2.96. The number of carbonyl (C=O) groups is 2. The lowest BCUT2D eigenvalue weighted by Crippen LogP contribution is -2.35. The van der Waals surface area contributed by atoms with E-state index in [1.54, 1.807) is 19.9 Å². The number of nitrogens with one attached hydrogen (secondary N) is 1. The van der Waals surface area contributed by atoms with Gasteiger partial charge in [-0.1, -0.05) is 11.6 Å². The summed E-state index contributed by atoms with van der Waals surface area (Å²) in [4.78, 5) is 34.0. The quantitative estimate of drug-likeness (QED) is 0.673. The summed E-state index contributed by atoms with van der Waals surface area (Å²) >= 11 is 5.56. The van der Waals surface area contributed by atoms with Gasteiger partial charge in [0.1, 0.15) is 0 Å². The van der Waals surface area contributed by atoms with Crippen molar-refractivity contribution in [2.24, 2.45) is 0 Å². The van der Waals surface area contributed by atoms with Crippen LogP contribution < -0.4 is 5.32 Å². The lowest BCUT2D eigenvalue weighted by Gasteiger charge is -2.16. The summed E-state index contributed by atoms with van der Waals surface area (Å²) in [6, 6.07) is 4.77. The number of aromatic nitrogens is 4. The molecule has 2 amide bonds. The van der Waals surface area contributed by atoms with Crippen LogP contribution >= 0.6 is 11.6 Å². The van der Waals surface area contributed by atoms with Crippen LogP contribution in [0.3, 0.4) is 0 Å². The first-order chi connectivity index (χ1) is 14.0. The Labute approximate surface area is 173 Å². The Balaban J connectivity index is 1.71. The van der Waals surface area contributed by atoms with Crippen molar-refractivity contribution in [3.63, 3.8) is 0 Å². The molecule has 0 spiro atoms. The number of aryl methyl sites for hydroxylation is 2. The fraction of sp³-hybridized carbons (Fsp3) is 0.278. The van der Waals surface area contributed by atoms with E-state index in [2.05, 4.69) is 20.4 Å². The molecule has 12 heteroatoms. The van der Waals surface area contributed by atoms with Crippen LogP contribution in [0.15, 0.2) is 24.3 Å². The molecule has 0 aliphatic heterocycles. The van der Waals surface area contributed by atoms with Crippen LogP contribution in [-0.4, -0.2) is 49.9 Å². The minimum absolute atomic E-state index is 0.0984. The molecule has 0 aliphatic carbocycles. The molecule has 158 valence electrons. The van der Waals surface area contributed by atoms with Gasteiger partial charge in [-0.25, -0.2) is 9.50 Å². The van der Waals surface area contributed by atoms with Crippen LogP contribution in [0.1, 0.15) is 27.6 Å². The Morgan fingerprint density at radius 2 is 1.90 bits per heavy atom. The molecule has 3 rings (SSSR count). The van der Waals surface area contributed by atoms with E-state index in [-0.39, 0.29) is 17.3 Å². The summed E-state index contributed by atoms with van der Waals surface area (Å²) in [7, 11) is 1.35. The van der Waals surface area contributed by atoms with Gasteiger partial charge >= 0.3 is 6.18 Å². The Morgan fingerprint density at radius 1 is 1.20 bits per heavy atom. The Kier molecular flexibility index (Phi) is 5.66. The van der Waals surface area contributed by atoms with Crippen LogP contribution in [-0.2, 0) is 11.0 Å². The van der Waals surface area contributed by atoms with Crippen molar-refractivity contribution in [2.45, 2.75) is 20.0 Å². The highest BCUT2D eigenvalue weighted by Crippen LogP contribution is 2.36. The van der Waals surface area contributed by atoms with E-state index >= 15 is 0 Å². The van der Waals surface area contributed by atoms with Gasteiger partial charge in [0.25, 0.3) is 11.7 Å². The van der Waals surface area contributed by atoms with Crippen molar-refractivity contribution < 1.29 is 22.8 Å². The first-order valence-corrected chi connectivity index (χ1v) is 8.96. The summed E-state index contributed by atoms with van der Waals surface area (Å²) < 4.78 is 40.2. The van der Waals surface area contributed by atoms with E-state index in [1.807, 2.05) is 0 Å². The van der Waals surface area contributed by atoms with Crippen LogP contribution in [0.4, 0.5) is 18.9 Å². The summed E-state index contributed by atoms with van der Waals surface area (Å²) in [5.74, 6) is -1.25. The molecule has 30 heavy (non-hydrogen) atoms. The second-order valence-electron chi connectivity index (χ2n) is 6.59.